The van der Waals surface area contributed by atoms with Gasteiger partial charge in [0, 0.05) is 0 Å². The number of ether oxygens (including phenoxy) is 1. The number of hydrogen-bond donors (Lipinski definition) is 1. The van der Waals surface area contributed by atoms with Gasteiger partial charge < -0.3 is 9.84 Å². The van der Waals surface area contributed by atoms with Gasteiger partial charge in [0.25, 0.3) is 0 Å². The topological polar surface area (TPSA) is 46.5 Å². The predicted molar refractivity (Wildman–Crippen MR) is 62.0 cm³/mol. The van der Waals surface area contributed by atoms with E-state index in [0.29, 0.717) is 19.4 Å². The van der Waals surface area contributed by atoms with Crippen LogP contribution < -0.4 is 0 Å². The number of aliphatic hydroxyl groups is 1. The van der Waals surface area contributed by atoms with E-state index in [1.807, 2.05) is 0 Å². The average molecular weight is 240 g/mol. The molecule has 0 radical (unpaired) electrons. The zero-order chi connectivity index (χ0) is 12.7. The molecule has 1 aromatic rings. The van der Waals surface area contributed by atoms with E-state index in [1.54, 1.807) is 19.1 Å². The first-order valence-electron chi connectivity index (χ1n) is 5.70. The minimum absolute atomic E-state index is 0.0108. The van der Waals surface area contributed by atoms with E-state index in [9.17, 15) is 14.3 Å². The van der Waals surface area contributed by atoms with Crippen LogP contribution in [0.3, 0.4) is 0 Å². The molecule has 1 N–H and O–H groups in total. The van der Waals surface area contributed by atoms with Gasteiger partial charge in [-0.05, 0) is 37.5 Å². The maximum atomic E-state index is 12.9. The van der Waals surface area contributed by atoms with E-state index in [0.717, 1.165) is 5.56 Å². The van der Waals surface area contributed by atoms with Crippen molar-refractivity contribution >= 4 is 5.97 Å². The van der Waals surface area contributed by atoms with Crippen molar-refractivity contribution in [3.05, 3.63) is 35.6 Å². The molecule has 4 heteroatoms. The molecule has 0 unspecified atom stereocenters. The Morgan fingerprint density at radius 3 is 2.94 bits per heavy atom. The highest BCUT2D eigenvalue weighted by molar-refractivity contribution is 5.69. The van der Waals surface area contributed by atoms with E-state index in [-0.39, 0.29) is 12.2 Å². The Hall–Kier alpha value is -1.42. The van der Waals surface area contributed by atoms with Crippen LogP contribution in [0.1, 0.15) is 25.3 Å². The molecule has 17 heavy (non-hydrogen) atoms. The van der Waals surface area contributed by atoms with Crippen LogP contribution in [0.2, 0.25) is 0 Å². The number of carbonyl (C=O) groups excluding carboxylic acids is 1. The summed E-state index contributed by atoms with van der Waals surface area (Å²) in [5.74, 6) is -0.693. The normalized spacial score (nSPS) is 12.2. The zero-order valence-corrected chi connectivity index (χ0v) is 9.86. The molecule has 0 saturated carbocycles. The summed E-state index contributed by atoms with van der Waals surface area (Å²) in [6.07, 6.45) is 0.210. The molecule has 3 nitrogen and oxygen atoms in total. The molecule has 0 aromatic heterocycles. The Labute approximate surface area is 100 Å². The Morgan fingerprint density at radius 1 is 1.53 bits per heavy atom. The van der Waals surface area contributed by atoms with Crippen molar-refractivity contribution in [2.45, 2.75) is 32.3 Å². The summed E-state index contributed by atoms with van der Waals surface area (Å²) in [5, 5.41) is 9.58. The minimum Gasteiger partial charge on any atom is -0.466 e. The molecule has 1 aromatic carbocycles. The van der Waals surface area contributed by atoms with Crippen molar-refractivity contribution in [1.82, 2.24) is 0 Å². The van der Waals surface area contributed by atoms with E-state index in [2.05, 4.69) is 0 Å². The summed E-state index contributed by atoms with van der Waals surface area (Å²) in [4.78, 5) is 11.1. The van der Waals surface area contributed by atoms with Gasteiger partial charge in [-0.15, -0.1) is 0 Å². The van der Waals surface area contributed by atoms with Gasteiger partial charge in [-0.3, -0.25) is 4.79 Å². The second-order valence-corrected chi connectivity index (χ2v) is 3.83. The number of carbonyl (C=O) groups is 1. The van der Waals surface area contributed by atoms with Crippen LogP contribution in [-0.4, -0.2) is 23.8 Å². The quantitative estimate of drug-likeness (QED) is 0.774. The molecule has 0 fully saturated rings. The summed E-state index contributed by atoms with van der Waals surface area (Å²) in [6, 6.07) is 6.22. The van der Waals surface area contributed by atoms with E-state index < -0.39 is 12.1 Å². The van der Waals surface area contributed by atoms with Crippen molar-refractivity contribution in [1.29, 1.82) is 0 Å². The van der Waals surface area contributed by atoms with Gasteiger partial charge in [-0.2, -0.15) is 0 Å². The number of esters is 1. The van der Waals surface area contributed by atoms with Crippen LogP contribution in [0, 0.1) is 5.82 Å². The highest BCUT2D eigenvalue weighted by atomic mass is 19.1. The molecule has 94 valence electrons. The van der Waals surface area contributed by atoms with Gasteiger partial charge in [0.15, 0.2) is 0 Å². The average Bonchev–Trinajstić information content (AvgIpc) is 2.27. The van der Waals surface area contributed by atoms with Gasteiger partial charge in [0.2, 0.25) is 0 Å². The van der Waals surface area contributed by atoms with E-state index >= 15 is 0 Å². The molecule has 0 saturated heterocycles. The number of halogens is 1. The third-order valence-corrected chi connectivity index (χ3v) is 2.36. The van der Waals surface area contributed by atoms with Gasteiger partial charge in [-0.25, -0.2) is 4.39 Å². The summed E-state index contributed by atoms with van der Waals surface area (Å²) < 4.78 is 17.6. The van der Waals surface area contributed by atoms with Crippen molar-refractivity contribution in [3.63, 3.8) is 0 Å². The molecule has 0 spiro atoms. The van der Waals surface area contributed by atoms with Crippen LogP contribution >= 0.6 is 0 Å². The molecule has 1 atom stereocenters. The number of aliphatic hydroxyl groups excluding tert-OH is 1. The lowest BCUT2D eigenvalue weighted by Crippen LogP contribution is -2.16. The predicted octanol–water partition coefficient (Wildman–Crippen LogP) is 2.07. The van der Waals surface area contributed by atoms with Gasteiger partial charge >= 0.3 is 5.97 Å². The molecule has 0 heterocycles. The first kappa shape index (κ1) is 13.6. The lowest BCUT2D eigenvalue weighted by atomic mass is 10.1. The molecular weight excluding hydrogens is 223 g/mol. The molecule has 0 bridgehead atoms. The molecule has 0 aliphatic carbocycles. The summed E-state index contributed by atoms with van der Waals surface area (Å²) >= 11 is 0. The van der Waals surface area contributed by atoms with Gasteiger partial charge in [-0.1, -0.05) is 12.1 Å². The maximum absolute atomic E-state index is 12.9. The fraction of sp³-hybridized carbons (Fsp3) is 0.462. The van der Waals surface area contributed by atoms with Crippen LogP contribution in [0.4, 0.5) is 4.39 Å². The molecular formula is C13H17FO3. The summed E-state index contributed by atoms with van der Waals surface area (Å²) in [6.45, 7) is 2.03. The fourth-order valence-electron chi connectivity index (χ4n) is 1.54. The standard InChI is InChI=1S/C13H17FO3/c1-2-17-13(16)9-12(15)7-6-10-4-3-5-11(14)8-10/h3-5,8,12,15H,2,6-7,9H2,1H3/t12-/m0/s1. The Bertz CT molecular complexity index is 365. The Kier molecular flexibility index (Phi) is 5.63. The third-order valence-electron chi connectivity index (χ3n) is 2.36. The van der Waals surface area contributed by atoms with Crippen molar-refractivity contribution in [2.24, 2.45) is 0 Å². The van der Waals surface area contributed by atoms with Gasteiger partial charge in [0.05, 0.1) is 19.1 Å². The SMILES string of the molecule is CCOC(=O)C[C@@H](O)CCc1cccc(F)c1. The van der Waals surface area contributed by atoms with Crippen LogP contribution in [0.5, 0.6) is 0 Å². The first-order valence-corrected chi connectivity index (χ1v) is 5.70. The fourth-order valence-corrected chi connectivity index (χ4v) is 1.54. The largest absolute Gasteiger partial charge is 0.466 e. The van der Waals surface area contributed by atoms with E-state index in [1.165, 1.54) is 12.1 Å². The minimum atomic E-state index is -0.739. The second kappa shape index (κ2) is 7.01. The number of aryl methyl sites for hydroxylation is 1. The zero-order valence-electron chi connectivity index (χ0n) is 9.86. The third kappa shape index (κ3) is 5.45. The van der Waals surface area contributed by atoms with Crippen LogP contribution in [-0.2, 0) is 16.0 Å². The monoisotopic (exact) mass is 240 g/mol. The summed E-state index contributed by atoms with van der Waals surface area (Å²) in [7, 11) is 0. The number of benzene rings is 1. The lowest BCUT2D eigenvalue weighted by molar-refractivity contribution is -0.145. The highest BCUT2D eigenvalue weighted by Crippen LogP contribution is 2.09. The second-order valence-electron chi connectivity index (χ2n) is 3.83. The smallest absolute Gasteiger partial charge is 0.308 e. The lowest BCUT2D eigenvalue weighted by Gasteiger charge is -2.09. The summed E-state index contributed by atoms with van der Waals surface area (Å²) in [5.41, 5.74) is 0.813. The first-order chi connectivity index (χ1) is 8.11. The van der Waals surface area contributed by atoms with E-state index in [4.69, 9.17) is 4.74 Å². The maximum Gasteiger partial charge on any atom is 0.308 e. The molecule has 1 rings (SSSR count). The molecule has 0 aliphatic heterocycles. The number of rotatable bonds is 6. The van der Waals surface area contributed by atoms with Crippen LogP contribution in [0.25, 0.3) is 0 Å². The molecule has 0 aliphatic rings. The van der Waals surface area contributed by atoms with Gasteiger partial charge in [0.1, 0.15) is 5.82 Å². The van der Waals surface area contributed by atoms with Crippen molar-refractivity contribution < 1.29 is 19.0 Å². The van der Waals surface area contributed by atoms with Crippen LogP contribution in [0.15, 0.2) is 24.3 Å². The van der Waals surface area contributed by atoms with Crippen molar-refractivity contribution in [2.75, 3.05) is 6.61 Å². The number of hydrogen-bond acceptors (Lipinski definition) is 3. The Morgan fingerprint density at radius 2 is 2.29 bits per heavy atom. The highest BCUT2D eigenvalue weighted by Gasteiger charge is 2.11. The molecule has 0 amide bonds. The van der Waals surface area contributed by atoms with Crippen molar-refractivity contribution in [3.8, 4) is 0 Å². The Balaban J connectivity index is 2.33.